The molecule has 1 aliphatic heterocycles. The van der Waals surface area contributed by atoms with Crippen molar-refractivity contribution in [1.29, 1.82) is 0 Å². The van der Waals surface area contributed by atoms with Crippen molar-refractivity contribution < 1.29 is 9.53 Å². The number of hydrogen-bond donors (Lipinski definition) is 0. The van der Waals surface area contributed by atoms with Crippen LogP contribution < -0.4 is 4.90 Å². The summed E-state index contributed by atoms with van der Waals surface area (Å²) in [6.07, 6.45) is 2.80. The third kappa shape index (κ3) is 2.82. The third-order valence-corrected chi connectivity index (χ3v) is 3.17. The van der Waals surface area contributed by atoms with Crippen LogP contribution in [0.25, 0.3) is 0 Å². The summed E-state index contributed by atoms with van der Waals surface area (Å²) in [7, 11) is 1.74. The molecule has 0 radical (unpaired) electrons. The van der Waals surface area contributed by atoms with Crippen LogP contribution >= 0.6 is 0 Å². The smallest absolute Gasteiger partial charge is 0.161 e. The average Bonchev–Trinajstić information content (AvgIpc) is 2.78. The summed E-state index contributed by atoms with van der Waals surface area (Å²) >= 11 is 0. The Hall–Kier alpha value is -1.42. The van der Waals surface area contributed by atoms with E-state index < -0.39 is 0 Å². The maximum absolute atomic E-state index is 11.1. The van der Waals surface area contributed by atoms with Crippen molar-refractivity contribution in [2.24, 2.45) is 5.92 Å². The van der Waals surface area contributed by atoms with Gasteiger partial charge in [0, 0.05) is 37.9 Å². The molecule has 0 N–H and O–H groups in total. The number of carbonyl (C=O) groups excluding carboxylic acids is 1. The van der Waals surface area contributed by atoms with Crippen LogP contribution in [0.1, 0.15) is 23.7 Å². The SMILES string of the molecule is COCC1CCN(c2ccc(C(C)=O)cn2)C1. The molecule has 17 heavy (non-hydrogen) atoms. The number of nitrogens with zero attached hydrogens (tertiary/aromatic N) is 2. The molecule has 0 aliphatic carbocycles. The first-order valence-electron chi connectivity index (χ1n) is 5.91. The lowest BCUT2D eigenvalue weighted by Gasteiger charge is -2.17. The lowest BCUT2D eigenvalue weighted by atomic mass is 10.1. The van der Waals surface area contributed by atoms with Gasteiger partial charge in [-0.3, -0.25) is 4.79 Å². The second-order valence-corrected chi connectivity index (χ2v) is 4.52. The molecule has 0 aromatic carbocycles. The minimum Gasteiger partial charge on any atom is -0.384 e. The second kappa shape index (κ2) is 5.27. The molecule has 0 amide bonds. The summed E-state index contributed by atoms with van der Waals surface area (Å²) in [5.74, 6) is 1.60. The summed E-state index contributed by atoms with van der Waals surface area (Å²) in [6.45, 7) is 4.36. The molecule has 0 bridgehead atoms. The second-order valence-electron chi connectivity index (χ2n) is 4.52. The predicted molar refractivity (Wildman–Crippen MR) is 66.4 cm³/mol. The van der Waals surface area contributed by atoms with Crippen molar-refractivity contribution in [3.63, 3.8) is 0 Å². The average molecular weight is 234 g/mol. The lowest BCUT2D eigenvalue weighted by Crippen LogP contribution is -2.22. The minimum absolute atomic E-state index is 0.0581. The van der Waals surface area contributed by atoms with Crippen molar-refractivity contribution in [2.45, 2.75) is 13.3 Å². The lowest BCUT2D eigenvalue weighted by molar-refractivity contribution is 0.101. The van der Waals surface area contributed by atoms with Gasteiger partial charge in [-0.05, 0) is 25.5 Å². The molecule has 2 heterocycles. The number of hydrogen-bond acceptors (Lipinski definition) is 4. The molecule has 1 unspecified atom stereocenters. The van der Waals surface area contributed by atoms with E-state index in [-0.39, 0.29) is 5.78 Å². The van der Waals surface area contributed by atoms with Crippen molar-refractivity contribution >= 4 is 11.6 Å². The van der Waals surface area contributed by atoms with E-state index >= 15 is 0 Å². The molecule has 4 nitrogen and oxygen atoms in total. The van der Waals surface area contributed by atoms with E-state index in [9.17, 15) is 4.79 Å². The van der Waals surface area contributed by atoms with Crippen LogP contribution in [0.3, 0.4) is 0 Å². The van der Waals surface area contributed by atoms with Gasteiger partial charge in [0.05, 0.1) is 6.61 Å². The summed E-state index contributed by atoms with van der Waals surface area (Å²) in [6, 6.07) is 3.76. The van der Waals surface area contributed by atoms with Gasteiger partial charge < -0.3 is 9.64 Å². The number of carbonyl (C=O) groups is 1. The summed E-state index contributed by atoms with van der Waals surface area (Å²) in [5, 5.41) is 0. The van der Waals surface area contributed by atoms with Gasteiger partial charge in [-0.1, -0.05) is 0 Å². The highest BCUT2D eigenvalue weighted by atomic mass is 16.5. The van der Waals surface area contributed by atoms with Gasteiger partial charge in [0.15, 0.2) is 5.78 Å². The van der Waals surface area contributed by atoms with Gasteiger partial charge in [0.2, 0.25) is 0 Å². The first-order chi connectivity index (χ1) is 8.20. The van der Waals surface area contributed by atoms with Gasteiger partial charge in [-0.15, -0.1) is 0 Å². The van der Waals surface area contributed by atoms with Crippen molar-refractivity contribution in [3.05, 3.63) is 23.9 Å². The largest absolute Gasteiger partial charge is 0.384 e. The van der Waals surface area contributed by atoms with Crippen molar-refractivity contribution in [1.82, 2.24) is 4.98 Å². The summed E-state index contributed by atoms with van der Waals surface area (Å²) in [4.78, 5) is 17.7. The Balaban J connectivity index is 2.01. The first-order valence-corrected chi connectivity index (χ1v) is 5.91. The van der Waals surface area contributed by atoms with Gasteiger partial charge in [0.1, 0.15) is 5.82 Å². The molecule has 1 aromatic rings. The highest BCUT2D eigenvalue weighted by Crippen LogP contribution is 2.22. The van der Waals surface area contributed by atoms with E-state index in [0.717, 1.165) is 31.9 Å². The molecule has 1 aromatic heterocycles. The Morgan fingerprint density at radius 1 is 1.59 bits per heavy atom. The van der Waals surface area contributed by atoms with E-state index in [1.807, 2.05) is 12.1 Å². The predicted octanol–water partition coefficient (Wildman–Crippen LogP) is 1.76. The molecule has 2 rings (SSSR count). The first kappa shape index (κ1) is 12.0. The molecule has 1 fully saturated rings. The number of ketones is 1. The highest BCUT2D eigenvalue weighted by molar-refractivity contribution is 5.93. The Kier molecular flexibility index (Phi) is 3.74. The monoisotopic (exact) mass is 234 g/mol. The summed E-state index contributed by atoms with van der Waals surface area (Å²) < 4.78 is 5.17. The minimum atomic E-state index is 0.0581. The maximum atomic E-state index is 11.1. The van der Waals surface area contributed by atoms with E-state index in [2.05, 4.69) is 9.88 Å². The van der Waals surface area contributed by atoms with Gasteiger partial charge >= 0.3 is 0 Å². The Morgan fingerprint density at radius 2 is 2.41 bits per heavy atom. The summed E-state index contributed by atoms with van der Waals surface area (Å²) in [5.41, 5.74) is 0.668. The zero-order valence-electron chi connectivity index (χ0n) is 10.3. The van der Waals surface area contributed by atoms with E-state index in [1.165, 1.54) is 0 Å². The Bertz CT molecular complexity index is 389. The fraction of sp³-hybridized carbons (Fsp3) is 0.538. The van der Waals surface area contributed by atoms with Crippen LogP contribution in [-0.2, 0) is 4.74 Å². The fourth-order valence-corrected chi connectivity index (χ4v) is 2.19. The van der Waals surface area contributed by atoms with Crippen molar-refractivity contribution in [2.75, 3.05) is 31.7 Å². The molecule has 1 saturated heterocycles. The number of anilines is 1. The fourth-order valence-electron chi connectivity index (χ4n) is 2.19. The molecule has 0 spiro atoms. The van der Waals surface area contributed by atoms with E-state index in [4.69, 9.17) is 4.74 Å². The molecule has 1 atom stereocenters. The Morgan fingerprint density at radius 3 is 3.00 bits per heavy atom. The van der Waals surface area contributed by atoms with Crippen LogP contribution in [0.15, 0.2) is 18.3 Å². The molecule has 0 saturated carbocycles. The number of ether oxygens (including phenoxy) is 1. The number of rotatable bonds is 4. The standard InChI is InChI=1S/C13H18N2O2/c1-10(16)12-3-4-13(14-7-12)15-6-5-11(8-15)9-17-2/h3-4,7,11H,5-6,8-9H2,1-2H3. The Labute approximate surface area is 102 Å². The van der Waals surface area contributed by atoms with E-state index in [1.54, 1.807) is 20.2 Å². The van der Waals surface area contributed by atoms with E-state index in [0.29, 0.717) is 11.5 Å². The van der Waals surface area contributed by atoms with Crippen molar-refractivity contribution in [3.8, 4) is 0 Å². The highest BCUT2D eigenvalue weighted by Gasteiger charge is 2.23. The zero-order valence-corrected chi connectivity index (χ0v) is 10.3. The zero-order chi connectivity index (χ0) is 12.3. The molecule has 92 valence electrons. The number of pyridine rings is 1. The van der Waals surface area contributed by atoms with Crippen LogP contribution in [0.5, 0.6) is 0 Å². The molecular weight excluding hydrogens is 216 g/mol. The maximum Gasteiger partial charge on any atom is 0.161 e. The van der Waals surface area contributed by atoms with Crippen LogP contribution in [0.4, 0.5) is 5.82 Å². The number of aromatic nitrogens is 1. The normalized spacial score (nSPS) is 19.6. The number of methoxy groups -OCH3 is 1. The molecule has 4 heteroatoms. The van der Waals surface area contributed by atoms with Gasteiger partial charge in [-0.25, -0.2) is 4.98 Å². The molecule has 1 aliphatic rings. The number of Topliss-reactive ketones (excluding diaryl/α,β-unsaturated/α-hetero) is 1. The van der Waals surface area contributed by atoms with Gasteiger partial charge in [-0.2, -0.15) is 0 Å². The quantitative estimate of drug-likeness (QED) is 0.744. The van der Waals surface area contributed by atoms with Crippen LogP contribution in [0, 0.1) is 5.92 Å². The van der Waals surface area contributed by atoms with Gasteiger partial charge in [0.25, 0.3) is 0 Å². The topological polar surface area (TPSA) is 42.4 Å². The molecular formula is C13H18N2O2. The van der Waals surface area contributed by atoms with Crippen LogP contribution in [0.2, 0.25) is 0 Å². The third-order valence-electron chi connectivity index (χ3n) is 3.17. The van der Waals surface area contributed by atoms with Crippen LogP contribution in [-0.4, -0.2) is 37.6 Å².